The van der Waals surface area contributed by atoms with Crippen LogP contribution in [-0.4, -0.2) is 35.8 Å². The standard InChI is InChI=1S/C22H20N4O2S/c1-25(2)17-9-4-16(5-10-17)14-19-21(27)26-22(29-19)23-20(24-26)13-8-15-6-11-18(28-3)12-7-15/h4-14H,1-3H3. The zero-order valence-corrected chi connectivity index (χ0v) is 17.2. The van der Waals surface area contributed by atoms with Crippen molar-refractivity contribution in [1.82, 2.24) is 14.6 Å². The van der Waals surface area contributed by atoms with E-state index in [1.54, 1.807) is 13.2 Å². The molecule has 4 rings (SSSR count). The Labute approximate surface area is 172 Å². The minimum atomic E-state index is -0.154. The number of ether oxygens (including phenoxy) is 1. The summed E-state index contributed by atoms with van der Waals surface area (Å²) >= 11 is 1.34. The van der Waals surface area contributed by atoms with Gasteiger partial charge in [0.1, 0.15) is 5.75 Å². The molecule has 146 valence electrons. The van der Waals surface area contributed by atoms with Gasteiger partial charge in [-0.05, 0) is 47.5 Å². The molecule has 6 nitrogen and oxygen atoms in total. The Balaban J connectivity index is 1.60. The van der Waals surface area contributed by atoms with Crippen molar-refractivity contribution in [1.29, 1.82) is 0 Å². The second kappa shape index (κ2) is 7.89. The van der Waals surface area contributed by atoms with Gasteiger partial charge in [-0.15, -0.1) is 5.10 Å². The summed E-state index contributed by atoms with van der Waals surface area (Å²) in [7, 11) is 5.63. The molecule has 0 N–H and O–H groups in total. The molecule has 2 aromatic heterocycles. The highest BCUT2D eigenvalue weighted by Gasteiger charge is 2.09. The van der Waals surface area contributed by atoms with Crippen LogP contribution in [-0.2, 0) is 0 Å². The fourth-order valence-corrected chi connectivity index (χ4v) is 3.74. The average molecular weight is 404 g/mol. The Morgan fingerprint density at radius 1 is 1.00 bits per heavy atom. The fraction of sp³-hybridized carbons (Fsp3) is 0.136. The van der Waals surface area contributed by atoms with Gasteiger partial charge < -0.3 is 9.64 Å². The molecule has 0 spiro atoms. The zero-order chi connectivity index (χ0) is 20.4. The summed E-state index contributed by atoms with van der Waals surface area (Å²) in [5, 5.41) is 4.33. The molecule has 0 aliphatic heterocycles. The van der Waals surface area contributed by atoms with Crippen LogP contribution in [0.2, 0.25) is 0 Å². The first-order valence-corrected chi connectivity index (χ1v) is 9.86. The lowest BCUT2D eigenvalue weighted by molar-refractivity contribution is 0.415. The summed E-state index contributed by atoms with van der Waals surface area (Å²) in [6.45, 7) is 0. The van der Waals surface area contributed by atoms with Gasteiger partial charge in [0.2, 0.25) is 4.96 Å². The van der Waals surface area contributed by atoms with Crippen molar-refractivity contribution in [2.75, 3.05) is 26.1 Å². The molecule has 0 fully saturated rings. The lowest BCUT2D eigenvalue weighted by Gasteiger charge is -2.11. The van der Waals surface area contributed by atoms with E-state index in [2.05, 4.69) is 10.1 Å². The molecule has 0 bridgehead atoms. The molecule has 29 heavy (non-hydrogen) atoms. The highest BCUT2D eigenvalue weighted by molar-refractivity contribution is 7.15. The molecular formula is C22H20N4O2S. The van der Waals surface area contributed by atoms with Crippen LogP contribution in [0.4, 0.5) is 5.69 Å². The average Bonchev–Trinajstić information content (AvgIpc) is 3.26. The van der Waals surface area contributed by atoms with Gasteiger partial charge in [0.05, 0.1) is 11.6 Å². The molecule has 2 heterocycles. The van der Waals surface area contributed by atoms with Gasteiger partial charge in [-0.2, -0.15) is 9.50 Å². The minimum Gasteiger partial charge on any atom is -0.497 e. The highest BCUT2D eigenvalue weighted by Crippen LogP contribution is 2.14. The van der Waals surface area contributed by atoms with Crippen molar-refractivity contribution < 1.29 is 4.74 Å². The Morgan fingerprint density at radius 3 is 2.31 bits per heavy atom. The lowest BCUT2D eigenvalue weighted by atomic mass is 10.2. The van der Waals surface area contributed by atoms with Gasteiger partial charge in [0.15, 0.2) is 5.82 Å². The second-order valence-electron chi connectivity index (χ2n) is 6.67. The number of hydrogen-bond donors (Lipinski definition) is 0. The summed E-state index contributed by atoms with van der Waals surface area (Å²) in [6, 6.07) is 15.7. The van der Waals surface area contributed by atoms with Gasteiger partial charge in [0.25, 0.3) is 5.56 Å². The molecule has 2 aromatic carbocycles. The summed E-state index contributed by atoms with van der Waals surface area (Å²) in [6.07, 6.45) is 5.57. The first-order chi connectivity index (χ1) is 14.0. The largest absolute Gasteiger partial charge is 0.497 e. The maximum Gasteiger partial charge on any atom is 0.291 e. The predicted octanol–water partition coefficient (Wildman–Crippen LogP) is 2.94. The molecular weight excluding hydrogens is 384 g/mol. The maximum atomic E-state index is 12.7. The normalized spacial score (nSPS) is 12.2. The van der Waals surface area contributed by atoms with Crippen molar-refractivity contribution >= 4 is 40.2 Å². The first kappa shape index (κ1) is 18.9. The Kier molecular flexibility index (Phi) is 5.14. The Bertz CT molecular complexity index is 1270. The third-order valence-electron chi connectivity index (χ3n) is 4.45. The van der Waals surface area contributed by atoms with E-state index in [1.807, 2.05) is 79.7 Å². The number of nitrogens with zero attached hydrogens (tertiary/aromatic N) is 4. The lowest BCUT2D eigenvalue weighted by Crippen LogP contribution is -2.23. The van der Waals surface area contributed by atoms with Crippen LogP contribution in [0.1, 0.15) is 17.0 Å². The molecule has 0 saturated carbocycles. The smallest absolute Gasteiger partial charge is 0.291 e. The molecule has 0 amide bonds. The third kappa shape index (κ3) is 4.05. The van der Waals surface area contributed by atoms with E-state index < -0.39 is 0 Å². The minimum absolute atomic E-state index is 0.154. The number of fused-ring (bicyclic) bond motifs is 1. The summed E-state index contributed by atoms with van der Waals surface area (Å²) in [4.78, 5) is 19.7. The van der Waals surface area contributed by atoms with Crippen LogP contribution in [0.25, 0.3) is 23.2 Å². The van der Waals surface area contributed by atoms with E-state index in [0.717, 1.165) is 22.6 Å². The number of methoxy groups -OCH3 is 1. The highest BCUT2D eigenvalue weighted by atomic mass is 32.1. The monoisotopic (exact) mass is 404 g/mol. The molecule has 0 saturated heterocycles. The number of aromatic nitrogens is 3. The summed E-state index contributed by atoms with van der Waals surface area (Å²) in [5.74, 6) is 1.31. The summed E-state index contributed by atoms with van der Waals surface area (Å²) < 4.78 is 7.13. The number of benzene rings is 2. The maximum absolute atomic E-state index is 12.7. The van der Waals surface area contributed by atoms with E-state index in [0.29, 0.717) is 15.3 Å². The van der Waals surface area contributed by atoms with Gasteiger partial charge >= 0.3 is 0 Å². The van der Waals surface area contributed by atoms with Gasteiger partial charge in [-0.1, -0.05) is 41.7 Å². The van der Waals surface area contributed by atoms with E-state index in [9.17, 15) is 4.79 Å². The second-order valence-corrected chi connectivity index (χ2v) is 7.68. The zero-order valence-electron chi connectivity index (χ0n) is 16.4. The Hall–Kier alpha value is -3.45. The third-order valence-corrected chi connectivity index (χ3v) is 5.41. The van der Waals surface area contributed by atoms with Crippen molar-refractivity contribution in [3.63, 3.8) is 0 Å². The van der Waals surface area contributed by atoms with Crippen molar-refractivity contribution in [2.45, 2.75) is 0 Å². The van der Waals surface area contributed by atoms with Crippen LogP contribution >= 0.6 is 11.3 Å². The topological polar surface area (TPSA) is 59.7 Å². The molecule has 0 aliphatic rings. The summed E-state index contributed by atoms with van der Waals surface area (Å²) in [5.41, 5.74) is 2.93. The van der Waals surface area contributed by atoms with Crippen molar-refractivity contribution in [2.24, 2.45) is 0 Å². The number of thiazole rings is 1. The van der Waals surface area contributed by atoms with Crippen LogP contribution in [0.5, 0.6) is 5.75 Å². The van der Waals surface area contributed by atoms with Crippen LogP contribution < -0.4 is 19.7 Å². The van der Waals surface area contributed by atoms with Gasteiger partial charge in [-0.3, -0.25) is 4.79 Å². The predicted molar refractivity (Wildman–Crippen MR) is 119 cm³/mol. The van der Waals surface area contributed by atoms with E-state index in [1.165, 1.54) is 15.9 Å². The number of rotatable bonds is 5. The first-order valence-electron chi connectivity index (χ1n) is 9.04. The molecule has 4 aromatic rings. The van der Waals surface area contributed by atoms with Crippen molar-refractivity contribution in [3.05, 3.63) is 80.4 Å². The molecule has 0 unspecified atom stereocenters. The molecule has 0 radical (unpaired) electrons. The molecule has 0 atom stereocenters. The van der Waals surface area contributed by atoms with Crippen LogP contribution in [0, 0.1) is 0 Å². The van der Waals surface area contributed by atoms with Gasteiger partial charge in [-0.25, -0.2) is 0 Å². The molecule has 0 aliphatic carbocycles. The van der Waals surface area contributed by atoms with E-state index in [4.69, 9.17) is 4.74 Å². The quantitative estimate of drug-likeness (QED) is 0.512. The van der Waals surface area contributed by atoms with Crippen LogP contribution in [0.15, 0.2) is 53.3 Å². The number of hydrogen-bond acceptors (Lipinski definition) is 6. The number of anilines is 1. The fourth-order valence-electron chi connectivity index (χ4n) is 2.83. The van der Waals surface area contributed by atoms with Crippen LogP contribution in [0.3, 0.4) is 0 Å². The van der Waals surface area contributed by atoms with E-state index in [-0.39, 0.29) is 5.56 Å². The van der Waals surface area contributed by atoms with E-state index >= 15 is 0 Å². The Morgan fingerprint density at radius 2 is 1.69 bits per heavy atom. The van der Waals surface area contributed by atoms with Gasteiger partial charge in [0, 0.05) is 19.8 Å². The van der Waals surface area contributed by atoms with Crippen molar-refractivity contribution in [3.8, 4) is 5.75 Å². The molecule has 7 heteroatoms. The SMILES string of the molecule is COc1ccc(C=Cc2nc3sc(=Cc4ccc(N(C)C)cc4)c(=O)n3n2)cc1.